The molecular weight excluding hydrogens is 432 g/mol. The Hall–Kier alpha value is -2.22. The number of aromatic nitrogens is 2. The van der Waals surface area contributed by atoms with E-state index in [0.29, 0.717) is 12.1 Å². The highest BCUT2D eigenvalue weighted by atomic mass is 79.9. The van der Waals surface area contributed by atoms with Crippen LogP contribution in [0.5, 0.6) is 0 Å². The van der Waals surface area contributed by atoms with Crippen molar-refractivity contribution in [2.45, 2.75) is 13.3 Å². The van der Waals surface area contributed by atoms with Gasteiger partial charge in [-0.1, -0.05) is 28.1 Å². The summed E-state index contributed by atoms with van der Waals surface area (Å²) in [7, 11) is 0. The van der Waals surface area contributed by atoms with E-state index in [1.165, 1.54) is 0 Å². The quantitative estimate of drug-likeness (QED) is 0.554. The lowest BCUT2D eigenvalue weighted by Gasteiger charge is -2.26. The molecule has 0 radical (unpaired) electrons. The normalized spacial score (nSPS) is 15.0. The number of nitrogens with zero attached hydrogens (tertiary/aromatic N) is 2. The van der Waals surface area contributed by atoms with Gasteiger partial charge in [-0.05, 0) is 49.7 Å². The fourth-order valence-electron chi connectivity index (χ4n) is 3.58. The number of hydrogen-bond acceptors (Lipinski definition) is 4. The molecule has 1 saturated heterocycles. The summed E-state index contributed by atoms with van der Waals surface area (Å²) in [5.74, 6) is 0.735. The van der Waals surface area contributed by atoms with Crippen LogP contribution in [0.15, 0.2) is 40.9 Å². The summed E-state index contributed by atoms with van der Waals surface area (Å²) in [4.78, 5) is 22.9. The van der Waals surface area contributed by atoms with Crippen LogP contribution in [0.25, 0.3) is 22.4 Å². The van der Waals surface area contributed by atoms with Crippen LogP contribution in [0, 0.1) is 6.92 Å². The molecule has 1 aliphatic heterocycles. The van der Waals surface area contributed by atoms with E-state index >= 15 is 0 Å². The van der Waals surface area contributed by atoms with Crippen molar-refractivity contribution in [1.29, 1.82) is 0 Å². The number of ether oxygens (including phenoxy) is 1. The Kier molecular flexibility index (Phi) is 6.28. The van der Waals surface area contributed by atoms with Crippen molar-refractivity contribution in [3.8, 4) is 11.4 Å². The van der Waals surface area contributed by atoms with Gasteiger partial charge in [0.2, 0.25) is 0 Å². The lowest BCUT2D eigenvalue weighted by molar-refractivity contribution is 0.0374. The molecule has 1 amide bonds. The second-order valence-corrected chi connectivity index (χ2v) is 8.17. The average molecular weight is 457 g/mol. The third-order valence-corrected chi connectivity index (χ3v) is 5.90. The fourth-order valence-corrected chi connectivity index (χ4v) is 4.15. The van der Waals surface area contributed by atoms with Crippen LogP contribution in [0.2, 0.25) is 0 Å². The molecule has 1 fully saturated rings. The molecule has 4 rings (SSSR count). The first-order valence-electron chi connectivity index (χ1n) is 9.95. The number of aromatic amines is 1. The molecule has 0 saturated carbocycles. The minimum Gasteiger partial charge on any atom is -0.379 e. The van der Waals surface area contributed by atoms with Gasteiger partial charge in [0.15, 0.2) is 0 Å². The van der Waals surface area contributed by atoms with E-state index in [1.807, 2.05) is 30.3 Å². The summed E-state index contributed by atoms with van der Waals surface area (Å²) in [6.07, 6.45) is 0.934. The topological polar surface area (TPSA) is 70.2 Å². The van der Waals surface area contributed by atoms with Crippen molar-refractivity contribution in [1.82, 2.24) is 20.2 Å². The average Bonchev–Trinajstić information content (AvgIpc) is 3.17. The van der Waals surface area contributed by atoms with E-state index in [0.717, 1.165) is 71.7 Å². The van der Waals surface area contributed by atoms with Gasteiger partial charge in [0.05, 0.1) is 24.2 Å². The van der Waals surface area contributed by atoms with E-state index in [-0.39, 0.29) is 5.91 Å². The number of aryl methyl sites for hydroxylation is 1. The van der Waals surface area contributed by atoms with Crippen molar-refractivity contribution in [3.05, 3.63) is 52.0 Å². The second kappa shape index (κ2) is 9.07. The van der Waals surface area contributed by atoms with Gasteiger partial charge in [-0.3, -0.25) is 9.69 Å². The first-order chi connectivity index (χ1) is 14.1. The van der Waals surface area contributed by atoms with Crippen molar-refractivity contribution < 1.29 is 9.53 Å². The SMILES string of the molecule is Cc1cccc2[nH]c(-c3ccc(C(=O)NCCCN4CCOCC4)cc3Br)nc12. The lowest BCUT2D eigenvalue weighted by atomic mass is 10.1. The van der Waals surface area contributed by atoms with Crippen molar-refractivity contribution in [2.75, 3.05) is 39.4 Å². The van der Waals surface area contributed by atoms with Gasteiger partial charge in [-0.15, -0.1) is 0 Å². The zero-order chi connectivity index (χ0) is 20.2. The number of fused-ring (bicyclic) bond motifs is 1. The maximum Gasteiger partial charge on any atom is 0.251 e. The maximum atomic E-state index is 12.5. The third-order valence-electron chi connectivity index (χ3n) is 5.24. The largest absolute Gasteiger partial charge is 0.379 e. The molecule has 0 bridgehead atoms. The predicted molar refractivity (Wildman–Crippen MR) is 118 cm³/mol. The second-order valence-electron chi connectivity index (χ2n) is 7.31. The van der Waals surface area contributed by atoms with E-state index in [9.17, 15) is 4.79 Å². The van der Waals surface area contributed by atoms with Gasteiger partial charge in [-0.2, -0.15) is 0 Å². The van der Waals surface area contributed by atoms with Crippen molar-refractivity contribution in [2.24, 2.45) is 0 Å². The molecule has 152 valence electrons. The van der Waals surface area contributed by atoms with Crippen LogP contribution in [0.1, 0.15) is 22.3 Å². The van der Waals surface area contributed by atoms with Gasteiger partial charge >= 0.3 is 0 Å². The molecule has 29 heavy (non-hydrogen) atoms. The van der Waals surface area contributed by atoms with Gasteiger partial charge in [0.25, 0.3) is 5.91 Å². The van der Waals surface area contributed by atoms with Gasteiger partial charge < -0.3 is 15.0 Å². The summed E-state index contributed by atoms with van der Waals surface area (Å²) in [5.41, 5.74) is 4.68. The maximum absolute atomic E-state index is 12.5. The number of imidazole rings is 1. The van der Waals surface area contributed by atoms with Gasteiger partial charge in [0, 0.05) is 35.2 Å². The van der Waals surface area contributed by atoms with E-state index in [1.54, 1.807) is 0 Å². The van der Waals surface area contributed by atoms with Crippen LogP contribution < -0.4 is 5.32 Å². The van der Waals surface area contributed by atoms with E-state index in [2.05, 4.69) is 44.1 Å². The van der Waals surface area contributed by atoms with Gasteiger partial charge in [0.1, 0.15) is 5.82 Å². The Bertz CT molecular complexity index is 1010. The van der Waals surface area contributed by atoms with Crippen LogP contribution >= 0.6 is 15.9 Å². The Morgan fingerprint density at radius 3 is 2.86 bits per heavy atom. The Morgan fingerprint density at radius 1 is 1.28 bits per heavy atom. The number of H-pyrrole nitrogens is 1. The fraction of sp³-hybridized carbons (Fsp3) is 0.364. The number of nitrogens with one attached hydrogen (secondary N) is 2. The number of para-hydroxylation sites is 1. The number of carbonyl (C=O) groups is 1. The molecule has 2 heterocycles. The lowest BCUT2D eigenvalue weighted by Crippen LogP contribution is -2.38. The van der Waals surface area contributed by atoms with E-state index in [4.69, 9.17) is 9.72 Å². The summed E-state index contributed by atoms with van der Waals surface area (Å²) in [6.45, 7) is 7.26. The number of morpholine rings is 1. The van der Waals surface area contributed by atoms with Crippen molar-refractivity contribution >= 4 is 32.9 Å². The molecule has 2 N–H and O–H groups in total. The molecule has 6 nitrogen and oxygen atoms in total. The number of benzene rings is 2. The zero-order valence-corrected chi connectivity index (χ0v) is 18.1. The highest BCUT2D eigenvalue weighted by Gasteiger charge is 2.14. The number of rotatable bonds is 6. The number of amides is 1. The summed E-state index contributed by atoms with van der Waals surface area (Å²) in [6, 6.07) is 11.7. The Morgan fingerprint density at radius 2 is 2.10 bits per heavy atom. The molecule has 7 heteroatoms. The molecule has 0 atom stereocenters. The molecule has 1 aliphatic rings. The molecule has 2 aromatic carbocycles. The monoisotopic (exact) mass is 456 g/mol. The summed E-state index contributed by atoms with van der Waals surface area (Å²) < 4.78 is 6.20. The van der Waals surface area contributed by atoms with Crippen molar-refractivity contribution in [3.63, 3.8) is 0 Å². The Labute approximate surface area is 178 Å². The molecular formula is C22H25BrN4O2. The molecule has 0 unspecified atom stereocenters. The number of halogens is 1. The smallest absolute Gasteiger partial charge is 0.251 e. The molecule has 0 aliphatic carbocycles. The molecule has 3 aromatic rings. The van der Waals surface area contributed by atoms with Crippen LogP contribution in [-0.2, 0) is 4.74 Å². The molecule has 0 spiro atoms. The minimum absolute atomic E-state index is 0.0559. The number of hydrogen-bond donors (Lipinski definition) is 2. The molecule has 1 aromatic heterocycles. The third kappa shape index (κ3) is 4.69. The van der Waals surface area contributed by atoms with Crippen LogP contribution in [0.4, 0.5) is 0 Å². The number of carbonyl (C=O) groups excluding carboxylic acids is 1. The van der Waals surface area contributed by atoms with Gasteiger partial charge in [-0.25, -0.2) is 4.98 Å². The first kappa shape index (κ1) is 20.1. The zero-order valence-electron chi connectivity index (χ0n) is 16.5. The summed E-state index contributed by atoms with van der Waals surface area (Å²) in [5, 5.41) is 3.01. The summed E-state index contributed by atoms with van der Waals surface area (Å²) >= 11 is 3.60. The minimum atomic E-state index is -0.0559. The Balaban J connectivity index is 1.38. The van der Waals surface area contributed by atoms with E-state index < -0.39 is 0 Å². The highest BCUT2D eigenvalue weighted by molar-refractivity contribution is 9.10. The van der Waals surface area contributed by atoms with Crippen LogP contribution in [-0.4, -0.2) is 60.2 Å². The predicted octanol–water partition coefficient (Wildman–Crippen LogP) is 3.75. The highest BCUT2D eigenvalue weighted by Crippen LogP contribution is 2.29. The standard InChI is InChI=1S/C22H25BrN4O2/c1-15-4-2-5-19-20(15)26-21(25-19)17-7-6-16(14-18(17)23)22(28)24-8-3-9-27-10-12-29-13-11-27/h2,4-7,14H,3,8-13H2,1H3,(H,24,28)(H,25,26). The van der Waals surface area contributed by atoms with Crippen LogP contribution in [0.3, 0.4) is 0 Å². The first-order valence-corrected chi connectivity index (χ1v) is 10.7.